The molecule has 6 heteroatoms. The Balaban J connectivity index is 2.05. The van der Waals surface area contributed by atoms with E-state index in [4.69, 9.17) is 9.15 Å². The van der Waals surface area contributed by atoms with Gasteiger partial charge in [-0.1, -0.05) is 5.10 Å². The minimum atomic E-state index is -0.157. The molecule has 0 radical (unpaired) electrons. The van der Waals surface area contributed by atoms with Crippen LogP contribution in [0.1, 0.15) is 19.7 Å². The second kappa shape index (κ2) is 4.39. The first-order valence-electron chi connectivity index (χ1n) is 5.46. The van der Waals surface area contributed by atoms with Crippen LogP contribution in [-0.2, 0) is 11.3 Å². The third kappa shape index (κ3) is 2.51. The first-order valence-corrected chi connectivity index (χ1v) is 5.46. The first kappa shape index (κ1) is 11.3. The maximum Gasteiger partial charge on any atom is 0.318 e. The number of hydrogen-bond acceptors (Lipinski definition) is 6. The molecule has 0 saturated carbocycles. The molecule has 2 rings (SSSR count). The average Bonchev–Trinajstić information content (AvgIpc) is 2.65. The van der Waals surface area contributed by atoms with E-state index in [0.29, 0.717) is 25.1 Å². The van der Waals surface area contributed by atoms with Gasteiger partial charge in [0.15, 0.2) is 0 Å². The van der Waals surface area contributed by atoms with Crippen LogP contribution in [0.2, 0.25) is 0 Å². The number of aromatic nitrogens is 2. The van der Waals surface area contributed by atoms with E-state index in [-0.39, 0.29) is 5.60 Å². The smallest absolute Gasteiger partial charge is 0.318 e. The lowest BCUT2D eigenvalue weighted by atomic mass is 10.1. The highest BCUT2D eigenvalue weighted by molar-refractivity contribution is 5.26. The SMILES string of the molecule is CNCc1nnc(N2CCOC(C)(C)C2)o1. The molecule has 0 aliphatic carbocycles. The molecule has 1 fully saturated rings. The van der Waals surface area contributed by atoms with Gasteiger partial charge in [0, 0.05) is 6.54 Å². The molecular weight excluding hydrogens is 208 g/mol. The molecule has 90 valence electrons. The lowest BCUT2D eigenvalue weighted by molar-refractivity contribution is -0.0290. The molecule has 2 heterocycles. The van der Waals surface area contributed by atoms with Crippen molar-refractivity contribution in [3.63, 3.8) is 0 Å². The molecule has 1 aromatic heterocycles. The van der Waals surface area contributed by atoms with Gasteiger partial charge in [0.05, 0.1) is 25.3 Å². The Morgan fingerprint density at radius 2 is 2.25 bits per heavy atom. The van der Waals surface area contributed by atoms with Gasteiger partial charge in [0.25, 0.3) is 0 Å². The molecule has 1 aromatic rings. The monoisotopic (exact) mass is 226 g/mol. The second-order valence-corrected chi connectivity index (χ2v) is 4.54. The Labute approximate surface area is 95.0 Å². The third-order valence-corrected chi connectivity index (χ3v) is 2.48. The van der Waals surface area contributed by atoms with Crippen LogP contribution in [0.25, 0.3) is 0 Å². The van der Waals surface area contributed by atoms with Crippen molar-refractivity contribution in [3.8, 4) is 0 Å². The van der Waals surface area contributed by atoms with Crippen molar-refractivity contribution in [3.05, 3.63) is 5.89 Å². The number of nitrogens with one attached hydrogen (secondary N) is 1. The maximum absolute atomic E-state index is 5.63. The Morgan fingerprint density at radius 3 is 2.94 bits per heavy atom. The average molecular weight is 226 g/mol. The lowest BCUT2D eigenvalue weighted by Gasteiger charge is -2.36. The van der Waals surface area contributed by atoms with Crippen LogP contribution in [0.5, 0.6) is 0 Å². The summed E-state index contributed by atoms with van der Waals surface area (Å²) in [7, 11) is 1.85. The number of anilines is 1. The van der Waals surface area contributed by atoms with E-state index < -0.39 is 0 Å². The number of ether oxygens (including phenoxy) is 1. The van der Waals surface area contributed by atoms with Crippen molar-refractivity contribution in [2.75, 3.05) is 31.6 Å². The molecule has 0 bridgehead atoms. The maximum atomic E-state index is 5.63. The second-order valence-electron chi connectivity index (χ2n) is 4.54. The van der Waals surface area contributed by atoms with Gasteiger partial charge in [0.1, 0.15) is 0 Å². The summed E-state index contributed by atoms with van der Waals surface area (Å²) in [5, 5.41) is 11.0. The topological polar surface area (TPSA) is 63.4 Å². The lowest BCUT2D eigenvalue weighted by Crippen LogP contribution is -2.48. The summed E-state index contributed by atoms with van der Waals surface area (Å²) in [6.07, 6.45) is 0. The molecule has 0 aromatic carbocycles. The van der Waals surface area contributed by atoms with Gasteiger partial charge in [-0.25, -0.2) is 0 Å². The minimum absolute atomic E-state index is 0.157. The van der Waals surface area contributed by atoms with E-state index in [2.05, 4.69) is 34.3 Å². The Kier molecular flexibility index (Phi) is 3.11. The fourth-order valence-electron chi connectivity index (χ4n) is 1.77. The van der Waals surface area contributed by atoms with Gasteiger partial charge in [-0.2, -0.15) is 0 Å². The number of nitrogens with zero attached hydrogens (tertiary/aromatic N) is 3. The molecule has 1 N–H and O–H groups in total. The van der Waals surface area contributed by atoms with Crippen molar-refractivity contribution < 1.29 is 9.15 Å². The summed E-state index contributed by atoms with van der Waals surface area (Å²) in [5.74, 6) is 0.613. The van der Waals surface area contributed by atoms with Crippen molar-refractivity contribution in [1.82, 2.24) is 15.5 Å². The summed E-state index contributed by atoms with van der Waals surface area (Å²) < 4.78 is 11.2. The van der Waals surface area contributed by atoms with Crippen LogP contribution in [0.3, 0.4) is 0 Å². The zero-order chi connectivity index (χ0) is 11.6. The Bertz CT molecular complexity index is 350. The summed E-state index contributed by atoms with van der Waals surface area (Å²) >= 11 is 0. The fourth-order valence-corrected chi connectivity index (χ4v) is 1.77. The zero-order valence-corrected chi connectivity index (χ0v) is 9.99. The molecule has 0 atom stereocenters. The Hall–Kier alpha value is -1.14. The van der Waals surface area contributed by atoms with Crippen molar-refractivity contribution in [1.29, 1.82) is 0 Å². The summed E-state index contributed by atoms with van der Waals surface area (Å²) in [5.41, 5.74) is -0.157. The van der Waals surface area contributed by atoms with Gasteiger partial charge >= 0.3 is 6.01 Å². The first-order chi connectivity index (χ1) is 7.61. The quantitative estimate of drug-likeness (QED) is 0.805. The van der Waals surface area contributed by atoms with Gasteiger partial charge in [-0.3, -0.25) is 0 Å². The Morgan fingerprint density at radius 1 is 1.44 bits per heavy atom. The van der Waals surface area contributed by atoms with Gasteiger partial charge < -0.3 is 19.4 Å². The predicted octanol–water partition coefficient (Wildman–Crippen LogP) is 0.404. The molecule has 1 aliphatic heterocycles. The van der Waals surface area contributed by atoms with E-state index in [9.17, 15) is 0 Å². The van der Waals surface area contributed by atoms with Gasteiger partial charge in [0.2, 0.25) is 5.89 Å². The highest BCUT2D eigenvalue weighted by Crippen LogP contribution is 2.21. The molecule has 0 spiro atoms. The summed E-state index contributed by atoms with van der Waals surface area (Å²) in [6.45, 7) is 6.98. The van der Waals surface area contributed by atoms with E-state index in [1.54, 1.807) is 0 Å². The van der Waals surface area contributed by atoms with Crippen LogP contribution in [0.15, 0.2) is 4.42 Å². The van der Waals surface area contributed by atoms with E-state index in [0.717, 1.165) is 13.1 Å². The van der Waals surface area contributed by atoms with E-state index in [1.165, 1.54) is 0 Å². The third-order valence-electron chi connectivity index (χ3n) is 2.48. The number of hydrogen-bond donors (Lipinski definition) is 1. The number of morpholine rings is 1. The van der Waals surface area contributed by atoms with Crippen LogP contribution >= 0.6 is 0 Å². The molecule has 6 nitrogen and oxygen atoms in total. The standard InChI is InChI=1S/C10H18N4O2/c1-10(2)7-14(4-5-15-10)9-13-12-8(16-9)6-11-3/h11H,4-7H2,1-3H3. The van der Waals surface area contributed by atoms with Crippen molar-refractivity contribution in [2.45, 2.75) is 26.0 Å². The van der Waals surface area contributed by atoms with Crippen LogP contribution < -0.4 is 10.2 Å². The molecule has 0 amide bonds. The van der Waals surface area contributed by atoms with Crippen LogP contribution in [0.4, 0.5) is 6.01 Å². The van der Waals surface area contributed by atoms with Gasteiger partial charge in [-0.05, 0) is 20.9 Å². The predicted molar refractivity (Wildman–Crippen MR) is 59.3 cm³/mol. The molecule has 1 aliphatic rings. The minimum Gasteiger partial charge on any atom is -0.407 e. The van der Waals surface area contributed by atoms with Crippen molar-refractivity contribution in [2.24, 2.45) is 0 Å². The largest absolute Gasteiger partial charge is 0.407 e. The van der Waals surface area contributed by atoms with Crippen LogP contribution in [0, 0.1) is 0 Å². The molecule has 16 heavy (non-hydrogen) atoms. The molecule has 1 saturated heterocycles. The van der Waals surface area contributed by atoms with Crippen molar-refractivity contribution >= 4 is 6.01 Å². The highest BCUT2D eigenvalue weighted by atomic mass is 16.5. The number of rotatable bonds is 3. The highest BCUT2D eigenvalue weighted by Gasteiger charge is 2.29. The van der Waals surface area contributed by atoms with E-state index in [1.807, 2.05) is 7.05 Å². The summed E-state index contributed by atoms with van der Waals surface area (Å²) in [6, 6.07) is 0.585. The molecule has 0 unspecified atom stereocenters. The van der Waals surface area contributed by atoms with Crippen LogP contribution in [-0.4, -0.2) is 42.5 Å². The molecular formula is C10H18N4O2. The fraction of sp³-hybridized carbons (Fsp3) is 0.800. The zero-order valence-electron chi connectivity index (χ0n) is 9.99. The summed E-state index contributed by atoms with van der Waals surface area (Å²) in [4.78, 5) is 2.07. The normalized spacial score (nSPS) is 20.1. The van der Waals surface area contributed by atoms with Gasteiger partial charge in [-0.15, -0.1) is 5.10 Å². The van der Waals surface area contributed by atoms with E-state index >= 15 is 0 Å².